The molecule has 1 aliphatic rings. The summed E-state index contributed by atoms with van der Waals surface area (Å²) in [5, 5.41) is 2.88. The molecular weight excluding hydrogens is 336 g/mol. The number of nitrogens with zero attached hydrogens (tertiary/aromatic N) is 1. The summed E-state index contributed by atoms with van der Waals surface area (Å²) in [4.78, 5) is 27.1. The minimum absolute atomic E-state index is 0.129. The number of amides is 1. The van der Waals surface area contributed by atoms with Gasteiger partial charge in [-0.25, -0.2) is 0 Å². The van der Waals surface area contributed by atoms with Gasteiger partial charge in [0.25, 0.3) is 5.91 Å². The minimum atomic E-state index is -0.303. The predicted octanol–water partition coefficient (Wildman–Crippen LogP) is 3.50. The molecule has 0 saturated heterocycles. The van der Waals surface area contributed by atoms with Crippen LogP contribution in [0.1, 0.15) is 44.8 Å². The smallest absolute Gasteiger partial charge is 0.251 e. The number of fused-ring (bicyclic) bond motifs is 1. The van der Waals surface area contributed by atoms with E-state index in [4.69, 9.17) is 11.6 Å². The molecule has 1 amide bonds. The summed E-state index contributed by atoms with van der Waals surface area (Å²) in [6.07, 6.45) is 0.915. The maximum Gasteiger partial charge on any atom is 0.251 e. The summed E-state index contributed by atoms with van der Waals surface area (Å²) in [5.74, 6) is -0.432. The van der Waals surface area contributed by atoms with Crippen LogP contribution in [0.25, 0.3) is 0 Å². The van der Waals surface area contributed by atoms with E-state index >= 15 is 0 Å². The van der Waals surface area contributed by atoms with Crippen molar-refractivity contribution in [2.45, 2.75) is 19.4 Å². The second kappa shape index (κ2) is 7.38. The third-order valence-electron chi connectivity index (χ3n) is 4.83. The van der Waals surface area contributed by atoms with Crippen molar-refractivity contribution in [3.05, 3.63) is 69.7 Å². The largest absolute Gasteiger partial charge is 0.355 e. The maximum absolute atomic E-state index is 12.9. The van der Waals surface area contributed by atoms with Crippen molar-refractivity contribution in [1.82, 2.24) is 10.2 Å². The highest BCUT2D eigenvalue weighted by atomic mass is 35.5. The standard InChI is InChI=1S/C20H21ClN2O2/c1-13-15-7-4-3-6-14(15)10-11-23(13)12-18(24)19-16(20(25)22-2)8-5-9-17(19)21/h3-9,13H,10-12H2,1-2H3,(H,22,25)/t13-/m0/s1. The predicted molar refractivity (Wildman–Crippen MR) is 99.3 cm³/mol. The SMILES string of the molecule is CNC(=O)c1cccc(Cl)c1C(=O)CN1CCc2ccccc2[C@@H]1C. The summed E-state index contributed by atoms with van der Waals surface area (Å²) in [6, 6.07) is 13.4. The van der Waals surface area contributed by atoms with Gasteiger partial charge in [-0.1, -0.05) is 41.9 Å². The van der Waals surface area contributed by atoms with Crippen LogP contribution in [0, 0.1) is 0 Å². The first-order valence-corrected chi connectivity index (χ1v) is 8.76. The molecule has 1 N–H and O–H groups in total. The van der Waals surface area contributed by atoms with Crippen molar-refractivity contribution >= 4 is 23.3 Å². The Labute approximate surface area is 152 Å². The van der Waals surface area contributed by atoms with Crippen molar-refractivity contribution in [2.24, 2.45) is 0 Å². The highest BCUT2D eigenvalue weighted by Gasteiger charge is 2.27. The van der Waals surface area contributed by atoms with E-state index in [9.17, 15) is 9.59 Å². The van der Waals surface area contributed by atoms with Gasteiger partial charge in [0, 0.05) is 19.6 Å². The highest BCUT2D eigenvalue weighted by molar-refractivity contribution is 6.35. The zero-order chi connectivity index (χ0) is 18.0. The Kier molecular flexibility index (Phi) is 5.21. The third-order valence-corrected chi connectivity index (χ3v) is 5.15. The van der Waals surface area contributed by atoms with Crippen LogP contribution in [0.5, 0.6) is 0 Å². The number of ketones is 1. The molecule has 2 aromatic rings. The van der Waals surface area contributed by atoms with Crippen LogP contribution < -0.4 is 5.32 Å². The lowest BCUT2D eigenvalue weighted by Gasteiger charge is -2.34. The van der Waals surface area contributed by atoms with Crippen LogP contribution in [-0.4, -0.2) is 36.7 Å². The zero-order valence-electron chi connectivity index (χ0n) is 14.4. The lowest BCUT2D eigenvalue weighted by atomic mass is 9.93. The Morgan fingerprint density at radius 2 is 1.96 bits per heavy atom. The maximum atomic E-state index is 12.9. The van der Waals surface area contributed by atoms with Crippen molar-refractivity contribution in [1.29, 1.82) is 0 Å². The minimum Gasteiger partial charge on any atom is -0.355 e. The van der Waals surface area contributed by atoms with Gasteiger partial charge in [0.2, 0.25) is 0 Å². The summed E-state index contributed by atoms with van der Waals surface area (Å²) < 4.78 is 0. The van der Waals surface area contributed by atoms with E-state index in [0.717, 1.165) is 13.0 Å². The Bertz CT molecular complexity index is 819. The molecule has 130 valence electrons. The molecular formula is C20H21ClN2O2. The van der Waals surface area contributed by atoms with Gasteiger partial charge < -0.3 is 5.32 Å². The fourth-order valence-corrected chi connectivity index (χ4v) is 3.71. The number of rotatable bonds is 4. The Balaban J connectivity index is 1.86. The molecule has 0 unspecified atom stereocenters. The average molecular weight is 357 g/mol. The van der Waals surface area contributed by atoms with Gasteiger partial charge in [0.05, 0.1) is 22.7 Å². The van der Waals surface area contributed by atoms with Crippen LogP contribution >= 0.6 is 11.6 Å². The number of carbonyl (C=O) groups is 2. The van der Waals surface area contributed by atoms with Crippen molar-refractivity contribution in [2.75, 3.05) is 20.1 Å². The van der Waals surface area contributed by atoms with Crippen LogP contribution in [0.4, 0.5) is 0 Å². The van der Waals surface area contributed by atoms with E-state index in [0.29, 0.717) is 16.1 Å². The monoisotopic (exact) mass is 356 g/mol. The number of Topliss-reactive ketones (excluding diaryl/α,β-unsaturated/α-hetero) is 1. The zero-order valence-corrected chi connectivity index (χ0v) is 15.1. The number of hydrogen-bond acceptors (Lipinski definition) is 3. The van der Waals surface area contributed by atoms with Crippen LogP contribution in [0.15, 0.2) is 42.5 Å². The van der Waals surface area contributed by atoms with Crippen molar-refractivity contribution < 1.29 is 9.59 Å². The molecule has 1 aliphatic heterocycles. The molecule has 0 radical (unpaired) electrons. The summed E-state index contributed by atoms with van der Waals surface area (Å²) >= 11 is 6.24. The van der Waals surface area contributed by atoms with Gasteiger partial charge in [-0.05, 0) is 36.6 Å². The first-order valence-electron chi connectivity index (χ1n) is 8.38. The Morgan fingerprint density at radius 1 is 1.20 bits per heavy atom. The normalized spacial score (nSPS) is 17.0. The molecule has 25 heavy (non-hydrogen) atoms. The molecule has 0 saturated carbocycles. The van der Waals surface area contributed by atoms with Gasteiger partial charge in [0.15, 0.2) is 5.78 Å². The van der Waals surface area contributed by atoms with Crippen molar-refractivity contribution in [3.63, 3.8) is 0 Å². The molecule has 1 heterocycles. The Hall–Kier alpha value is -2.17. The molecule has 5 heteroatoms. The van der Waals surface area contributed by atoms with Crippen molar-refractivity contribution in [3.8, 4) is 0 Å². The van der Waals surface area contributed by atoms with Crippen LogP contribution in [-0.2, 0) is 6.42 Å². The molecule has 0 bridgehead atoms. The van der Waals surface area contributed by atoms with E-state index in [2.05, 4.69) is 29.3 Å². The van der Waals surface area contributed by atoms with Crippen LogP contribution in [0.3, 0.4) is 0 Å². The quantitative estimate of drug-likeness (QED) is 0.853. The van der Waals surface area contributed by atoms with E-state index in [-0.39, 0.29) is 24.3 Å². The molecule has 0 fully saturated rings. The van der Waals surface area contributed by atoms with Crippen LogP contribution in [0.2, 0.25) is 5.02 Å². The molecule has 0 aliphatic carbocycles. The molecule has 0 spiro atoms. The van der Waals surface area contributed by atoms with Gasteiger partial charge in [-0.3, -0.25) is 14.5 Å². The van der Waals surface area contributed by atoms with E-state index < -0.39 is 0 Å². The fraction of sp³-hybridized carbons (Fsp3) is 0.300. The van der Waals surface area contributed by atoms with Gasteiger partial charge in [-0.2, -0.15) is 0 Å². The number of nitrogens with one attached hydrogen (secondary N) is 1. The Morgan fingerprint density at radius 3 is 2.72 bits per heavy atom. The van der Waals surface area contributed by atoms with E-state index in [1.807, 2.05) is 12.1 Å². The number of halogens is 1. The first-order chi connectivity index (χ1) is 12.0. The number of benzene rings is 2. The van der Waals surface area contributed by atoms with Gasteiger partial charge in [0.1, 0.15) is 0 Å². The molecule has 0 aromatic heterocycles. The molecule has 1 atom stereocenters. The van der Waals surface area contributed by atoms with Gasteiger partial charge in [-0.15, -0.1) is 0 Å². The molecule has 4 nitrogen and oxygen atoms in total. The second-order valence-electron chi connectivity index (χ2n) is 6.26. The topological polar surface area (TPSA) is 49.4 Å². The lowest BCUT2D eigenvalue weighted by molar-refractivity contribution is 0.0877. The summed E-state index contributed by atoms with van der Waals surface area (Å²) in [6.45, 7) is 3.16. The summed E-state index contributed by atoms with van der Waals surface area (Å²) in [5.41, 5.74) is 3.22. The third kappa shape index (κ3) is 3.46. The average Bonchev–Trinajstić information content (AvgIpc) is 2.63. The fourth-order valence-electron chi connectivity index (χ4n) is 3.43. The summed E-state index contributed by atoms with van der Waals surface area (Å²) in [7, 11) is 1.54. The van der Waals surface area contributed by atoms with Gasteiger partial charge >= 0.3 is 0 Å². The van der Waals surface area contributed by atoms with E-state index in [1.165, 1.54) is 11.1 Å². The second-order valence-corrected chi connectivity index (χ2v) is 6.67. The number of hydrogen-bond donors (Lipinski definition) is 1. The van der Waals surface area contributed by atoms with E-state index in [1.54, 1.807) is 25.2 Å². The number of carbonyl (C=O) groups excluding carboxylic acids is 2. The lowest BCUT2D eigenvalue weighted by Crippen LogP contribution is -2.38. The first kappa shape index (κ1) is 17.6. The molecule has 2 aromatic carbocycles. The highest BCUT2D eigenvalue weighted by Crippen LogP contribution is 2.30. The molecule has 3 rings (SSSR count).